The molecule has 3 atom stereocenters. The van der Waals surface area contributed by atoms with Crippen LogP contribution in [0, 0.1) is 6.92 Å². The standard InChI is InChI=1S/C38H42N8O7S/c1-23(47)34-37(50)39-14-16-45(38(51)27-10-12-33-29(20-27)40-24(2)54-33)15-13-28-22-46(44-43-28)17-18-53-31-11-9-26(21-32(31)52-3)35(48)41-30(36(49)42-34)19-25-7-5-4-6-8-25/h4-12,20-23,30,34,47H,13-19H2,1-3H3,(H,39,50)(H,41,48)(H,42,49)/t23-,30-,34+/m1/s1. The number of carbonyl (C=O) groups excluding carboxylic acids is 4. The SMILES string of the molecule is COc1cc2ccc1OCCn1cc(nn1)CCN(C(=O)c1ccc3sc(C)nc3c1)CCNC(=O)[C@H]([C@@H](C)O)NC(=O)[C@@H](Cc1ccccc1)NC2=O. The topological polar surface area (TPSA) is 190 Å². The number of carbonyl (C=O) groups is 4. The van der Waals surface area contributed by atoms with Crippen molar-refractivity contribution >= 4 is 45.2 Å². The Morgan fingerprint density at radius 2 is 1.85 bits per heavy atom. The zero-order chi connectivity index (χ0) is 38.2. The molecule has 16 heteroatoms. The molecule has 0 radical (unpaired) electrons. The van der Waals surface area contributed by atoms with Crippen molar-refractivity contribution < 1.29 is 33.8 Å². The highest BCUT2D eigenvalue weighted by Crippen LogP contribution is 2.28. The van der Waals surface area contributed by atoms with Crippen molar-refractivity contribution in [2.45, 2.75) is 51.4 Å². The highest BCUT2D eigenvalue weighted by molar-refractivity contribution is 7.18. The van der Waals surface area contributed by atoms with Gasteiger partial charge in [-0.3, -0.25) is 19.2 Å². The van der Waals surface area contributed by atoms with E-state index >= 15 is 0 Å². The van der Waals surface area contributed by atoms with E-state index in [2.05, 4.69) is 31.2 Å². The van der Waals surface area contributed by atoms with Crippen LogP contribution in [0.1, 0.15) is 43.9 Å². The van der Waals surface area contributed by atoms with Crippen molar-refractivity contribution in [3.8, 4) is 11.5 Å². The molecule has 4 N–H and O–H groups in total. The number of fused-ring (bicyclic) bond motifs is 17. The van der Waals surface area contributed by atoms with Gasteiger partial charge >= 0.3 is 0 Å². The number of benzene rings is 3. The Morgan fingerprint density at radius 3 is 2.63 bits per heavy atom. The van der Waals surface area contributed by atoms with E-state index in [4.69, 9.17) is 9.47 Å². The van der Waals surface area contributed by atoms with Crippen LogP contribution in [0.2, 0.25) is 0 Å². The molecule has 4 bridgehead atoms. The number of thiazole rings is 1. The number of aliphatic hydroxyl groups is 1. The van der Waals surface area contributed by atoms with E-state index in [9.17, 15) is 24.3 Å². The second-order valence-corrected chi connectivity index (χ2v) is 14.1. The Labute approximate surface area is 315 Å². The minimum atomic E-state index is -1.36. The second-order valence-electron chi connectivity index (χ2n) is 12.9. The van der Waals surface area contributed by atoms with E-state index in [1.165, 1.54) is 20.1 Å². The largest absolute Gasteiger partial charge is 0.493 e. The maximum Gasteiger partial charge on any atom is 0.254 e. The van der Waals surface area contributed by atoms with Gasteiger partial charge in [-0.25, -0.2) is 9.67 Å². The molecule has 0 spiro atoms. The van der Waals surface area contributed by atoms with Crippen LogP contribution in [0.4, 0.5) is 0 Å². The first-order chi connectivity index (χ1) is 26.1. The number of nitrogens with zero attached hydrogens (tertiary/aromatic N) is 5. The molecule has 0 aliphatic carbocycles. The van der Waals surface area contributed by atoms with Gasteiger partial charge in [0.15, 0.2) is 11.5 Å². The normalized spacial score (nSPS) is 18.3. The molecular weight excluding hydrogens is 713 g/mol. The number of nitrogens with one attached hydrogen (secondary N) is 3. The molecule has 0 fully saturated rings. The fraction of sp³-hybridized carbons (Fsp3) is 0.342. The summed E-state index contributed by atoms with van der Waals surface area (Å²) in [6.07, 6.45) is 0.976. The van der Waals surface area contributed by atoms with Gasteiger partial charge in [-0.1, -0.05) is 35.5 Å². The van der Waals surface area contributed by atoms with E-state index in [0.29, 0.717) is 35.7 Å². The van der Waals surface area contributed by atoms with Gasteiger partial charge in [-0.05, 0) is 55.8 Å². The van der Waals surface area contributed by atoms with Crippen molar-refractivity contribution in [3.63, 3.8) is 0 Å². The number of aromatic nitrogens is 4. The summed E-state index contributed by atoms with van der Waals surface area (Å²) in [4.78, 5) is 60.9. The lowest BCUT2D eigenvalue weighted by molar-refractivity contribution is -0.132. The maximum absolute atomic E-state index is 13.9. The molecule has 3 aromatic carbocycles. The Morgan fingerprint density at radius 1 is 1.04 bits per heavy atom. The third-order valence-corrected chi connectivity index (χ3v) is 9.86. The van der Waals surface area contributed by atoms with E-state index < -0.39 is 35.9 Å². The third-order valence-electron chi connectivity index (χ3n) is 8.90. The van der Waals surface area contributed by atoms with Gasteiger partial charge < -0.3 is 35.4 Å². The number of rotatable bonds is 5. The summed E-state index contributed by atoms with van der Waals surface area (Å²) < 4.78 is 14.1. The summed E-state index contributed by atoms with van der Waals surface area (Å²) in [6, 6.07) is 16.7. The van der Waals surface area contributed by atoms with Crippen LogP contribution in [0.15, 0.2) is 72.9 Å². The maximum atomic E-state index is 13.9. The summed E-state index contributed by atoms with van der Waals surface area (Å²) in [7, 11) is 1.46. The fourth-order valence-corrected chi connectivity index (χ4v) is 6.85. The smallest absolute Gasteiger partial charge is 0.254 e. The van der Waals surface area contributed by atoms with E-state index in [1.807, 2.05) is 43.3 Å². The van der Waals surface area contributed by atoms with E-state index in [-0.39, 0.29) is 44.1 Å². The zero-order valence-electron chi connectivity index (χ0n) is 30.2. The number of hydrogen-bond acceptors (Lipinski definition) is 11. The minimum Gasteiger partial charge on any atom is -0.493 e. The highest BCUT2D eigenvalue weighted by atomic mass is 32.1. The van der Waals surface area contributed by atoms with Gasteiger partial charge in [0.25, 0.3) is 11.8 Å². The van der Waals surface area contributed by atoms with Crippen molar-refractivity contribution in [3.05, 3.63) is 100 Å². The van der Waals surface area contributed by atoms with Crippen molar-refractivity contribution in [1.29, 1.82) is 0 Å². The molecule has 0 saturated heterocycles. The zero-order valence-corrected chi connectivity index (χ0v) is 31.0. The number of amides is 4. The predicted octanol–water partition coefficient (Wildman–Crippen LogP) is 2.31. The average Bonchev–Trinajstić information content (AvgIpc) is 3.79. The van der Waals surface area contributed by atoms with Gasteiger partial charge in [0.2, 0.25) is 11.8 Å². The number of aryl methyl sites for hydroxylation is 1. The molecule has 4 amide bonds. The van der Waals surface area contributed by atoms with E-state index in [1.54, 1.807) is 51.4 Å². The lowest BCUT2D eigenvalue weighted by Crippen LogP contribution is -2.58. The van der Waals surface area contributed by atoms with E-state index in [0.717, 1.165) is 20.8 Å². The third kappa shape index (κ3) is 9.37. The van der Waals surface area contributed by atoms with Crippen LogP contribution in [0.25, 0.3) is 10.2 Å². The van der Waals surface area contributed by atoms with Crippen LogP contribution < -0.4 is 25.4 Å². The molecule has 5 aromatic rings. The molecular formula is C38H42N8O7S. The summed E-state index contributed by atoms with van der Waals surface area (Å²) >= 11 is 1.54. The molecule has 2 aliphatic rings. The van der Waals surface area contributed by atoms with Crippen molar-refractivity contribution in [1.82, 2.24) is 40.8 Å². The van der Waals surface area contributed by atoms with Crippen molar-refractivity contribution in [2.24, 2.45) is 0 Å². The highest BCUT2D eigenvalue weighted by Gasteiger charge is 2.31. The Kier molecular flexibility index (Phi) is 12.1. The quantitative estimate of drug-likeness (QED) is 0.194. The monoisotopic (exact) mass is 754 g/mol. The summed E-state index contributed by atoms with van der Waals surface area (Å²) in [5.74, 6) is -1.44. The Hall–Kier alpha value is -5.87. The number of aliphatic hydroxyl groups excluding tert-OH is 1. The molecule has 0 unspecified atom stereocenters. The molecule has 2 aliphatic heterocycles. The molecule has 0 saturated carbocycles. The van der Waals surface area contributed by atoms with Gasteiger partial charge in [-0.15, -0.1) is 16.4 Å². The summed E-state index contributed by atoms with van der Waals surface area (Å²) in [5.41, 5.74) is 2.80. The molecule has 7 rings (SSSR count). The fourth-order valence-electron chi connectivity index (χ4n) is 6.05. The first-order valence-electron chi connectivity index (χ1n) is 17.5. The first-order valence-corrected chi connectivity index (χ1v) is 18.4. The Bertz CT molecular complexity index is 2120. The van der Waals surface area contributed by atoms with Crippen molar-refractivity contribution in [2.75, 3.05) is 33.4 Å². The van der Waals surface area contributed by atoms with Crippen LogP contribution in [0.3, 0.4) is 0 Å². The van der Waals surface area contributed by atoms with Gasteiger partial charge in [0.1, 0.15) is 18.7 Å². The average molecular weight is 755 g/mol. The Balaban J connectivity index is 1.27. The molecule has 54 heavy (non-hydrogen) atoms. The minimum absolute atomic E-state index is 0.0214. The van der Waals surface area contributed by atoms with Crippen LogP contribution in [0.5, 0.6) is 11.5 Å². The number of hydrogen-bond donors (Lipinski definition) is 4. The van der Waals surface area contributed by atoms with Crippen LogP contribution >= 0.6 is 11.3 Å². The lowest BCUT2D eigenvalue weighted by atomic mass is 10.0. The van der Waals surface area contributed by atoms with Gasteiger partial charge in [0.05, 0.1) is 40.7 Å². The molecule has 15 nitrogen and oxygen atoms in total. The molecule has 282 valence electrons. The number of ether oxygens (including phenoxy) is 2. The summed E-state index contributed by atoms with van der Waals surface area (Å²) in [5, 5.41) is 28.2. The van der Waals surface area contributed by atoms with Gasteiger partial charge in [0, 0.05) is 49.8 Å². The predicted molar refractivity (Wildman–Crippen MR) is 200 cm³/mol. The molecule has 4 heterocycles. The summed E-state index contributed by atoms with van der Waals surface area (Å²) in [6.45, 7) is 4.28. The van der Waals surface area contributed by atoms with Crippen LogP contribution in [-0.4, -0.2) is 105 Å². The van der Waals surface area contributed by atoms with Gasteiger partial charge in [-0.2, -0.15) is 0 Å². The first kappa shape index (κ1) is 37.9. The second kappa shape index (κ2) is 17.3. The lowest BCUT2D eigenvalue weighted by Gasteiger charge is -2.26. The number of methoxy groups -OCH3 is 1. The molecule has 2 aromatic heterocycles. The van der Waals surface area contributed by atoms with Crippen LogP contribution in [-0.2, 0) is 29.0 Å².